The number of nitrogens with zero attached hydrogens (tertiary/aromatic N) is 1. The minimum atomic E-state index is 0.392. The fourth-order valence-corrected chi connectivity index (χ4v) is 2.34. The number of hydrogen-bond acceptors (Lipinski definition) is 5. The summed E-state index contributed by atoms with van der Waals surface area (Å²) >= 11 is 0. The number of ether oxygens (including phenoxy) is 3. The van der Waals surface area contributed by atoms with Crippen molar-refractivity contribution in [3.63, 3.8) is 0 Å². The van der Waals surface area contributed by atoms with E-state index in [-0.39, 0.29) is 0 Å². The van der Waals surface area contributed by atoms with Crippen LogP contribution in [0.5, 0.6) is 11.5 Å². The van der Waals surface area contributed by atoms with Crippen LogP contribution in [0.1, 0.15) is 5.69 Å². The van der Waals surface area contributed by atoms with E-state index in [9.17, 15) is 0 Å². The second-order valence-corrected chi connectivity index (χ2v) is 5.47. The summed E-state index contributed by atoms with van der Waals surface area (Å²) in [6, 6.07) is 17.0. The topological polar surface area (TPSA) is 82.4 Å². The maximum Gasteiger partial charge on any atom is 0.130 e. The molecule has 0 radical (unpaired) electrons. The highest BCUT2D eigenvalue weighted by Crippen LogP contribution is 2.29. The van der Waals surface area contributed by atoms with Crippen molar-refractivity contribution < 1.29 is 14.2 Å². The molecule has 0 aliphatic heterocycles. The Morgan fingerprint density at radius 1 is 1.00 bits per heavy atom. The zero-order valence-corrected chi connectivity index (χ0v) is 14.1. The molecular weight excluding hydrogens is 318 g/mol. The fourth-order valence-electron chi connectivity index (χ4n) is 2.34. The Hall–Kier alpha value is -2.99. The van der Waals surface area contributed by atoms with Gasteiger partial charge in [0.15, 0.2) is 0 Å². The van der Waals surface area contributed by atoms with E-state index in [1.54, 1.807) is 19.2 Å². The first-order valence-corrected chi connectivity index (χ1v) is 8.00. The van der Waals surface area contributed by atoms with E-state index in [0.717, 1.165) is 28.5 Å². The molecule has 0 aliphatic rings. The zero-order chi connectivity index (χ0) is 17.5. The van der Waals surface area contributed by atoms with Gasteiger partial charge in [0.25, 0.3) is 0 Å². The summed E-state index contributed by atoms with van der Waals surface area (Å²) < 4.78 is 16.5. The molecular formula is C19H21N3O3. The molecule has 0 unspecified atom stereocenters. The molecule has 0 atom stereocenters. The molecule has 130 valence electrons. The van der Waals surface area contributed by atoms with Crippen LogP contribution in [0, 0.1) is 0 Å². The van der Waals surface area contributed by atoms with Crippen molar-refractivity contribution in [1.29, 1.82) is 0 Å². The minimum absolute atomic E-state index is 0.392. The van der Waals surface area contributed by atoms with Crippen molar-refractivity contribution in [2.24, 2.45) is 0 Å². The van der Waals surface area contributed by atoms with Crippen molar-refractivity contribution in [3.05, 3.63) is 60.3 Å². The van der Waals surface area contributed by atoms with Gasteiger partial charge in [-0.25, -0.2) is 0 Å². The van der Waals surface area contributed by atoms with Gasteiger partial charge in [0, 0.05) is 18.4 Å². The lowest BCUT2D eigenvalue weighted by molar-refractivity contribution is 0.146. The Labute approximate surface area is 146 Å². The van der Waals surface area contributed by atoms with Crippen molar-refractivity contribution in [2.45, 2.75) is 6.61 Å². The van der Waals surface area contributed by atoms with Gasteiger partial charge in [-0.2, -0.15) is 5.10 Å². The van der Waals surface area contributed by atoms with Crippen LogP contribution in [0.15, 0.2) is 54.6 Å². The second kappa shape index (κ2) is 8.21. The van der Waals surface area contributed by atoms with E-state index in [4.69, 9.17) is 19.9 Å². The number of aromatic amines is 1. The van der Waals surface area contributed by atoms with Gasteiger partial charge in [0.1, 0.15) is 24.7 Å². The molecule has 3 aromatic rings. The molecule has 6 heteroatoms. The van der Waals surface area contributed by atoms with Crippen LogP contribution in [0.2, 0.25) is 0 Å². The zero-order valence-electron chi connectivity index (χ0n) is 14.1. The largest absolute Gasteiger partial charge is 0.490 e. The van der Waals surface area contributed by atoms with Crippen molar-refractivity contribution in [3.8, 4) is 22.8 Å². The minimum Gasteiger partial charge on any atom is -0.490 e. The summed E-state index contributed by atoms with van der Waals surface area (Å²) in [4.78, 5) is 0. The molecule has 1 heterocycles. The molecule has 0 saturated heterocycles. The standard InChI is InChI=1S/C19H21N3O3/c1-23-10-11-24-19-5-3-2-4-17(19)18-12-15(21-22-18)13-25-16-8-6-14(20)7-9-16/h2-9,12H,10-11,13,20H2,1H3,(H,21,22). The van der Waals surface area contributed by atoms with E-state index in [1.165, 1.54) is 0 Å². The molecule has 0 saturated carbocycles. The third-order valence-corrected chi connectivity index (χ3v) is 3.61. The molecule has 2 aromatic carbocycles. The highest BCUT2D eigenvalue weighted by Gasteiger charge is 2.10. The van der Waals surface area contributed by atoms with Crippen molar-refractivity contribution >= 4 is 5.69 Å². The van der Waals surface area contributed by atoms with E-state index >= 15 is 0 Å². The molecule has 25 heavy (non-hydrogen) atoms. The third kappa shape index (κ3) is 4.51. The smallest absolute Gasteiger partial charge is 0.130 e. The summed E-state index contributed by atoms with van der Waals surface area (Å²) in [7, 11) is 1.65. The van der Waals surface area contributed by atoms with Crippen LogP contribution in [0.4, 0.5) is 5.69 Å². The first kappa shape index (κ1) is 16.9. The van der Waals surface area contributed by atoms with Crippen LogP contribution in [-0.4, -0.2) is 30.5 Å². The Bertz CT molecular complexity index is 800. The Morgan fingerprint density at radius 2 is 1.80 bits per heavy atom. The number of rotatable bonds is 8. The number of nitrogen functional groups attached to an aromatic ring is 1. The van der Waals surface area contributed by atoms with Crippen LogP contribution in [0.3, 0.4) is 0 Å². The van der Waals surface area contributed by atoms with Crippen molar-refractivity contribution in [1.82, 2.24) is 10.2 Å². The molecule has 1 aromatic heterocycles. The monoisotopic (exact) mass is 339 g/mol. The van der Waals surface area contributed by atoms with E-state index < -0.39 is 0 Å². The quantitative estimate of drug-likeness (QED) is 0.486. The van der Waals surface area contributed by atoms with Gasteiger partial charge in [-0.1, -0.05) is 12.1 Å². The van der Waals surface area contributed by atoms with Gasteiger partial charge in [-0.3, -0.25) is 5.10 Å². The number of H-pyrrole nitrogens is 1. The molecule has 3 rings (SSSR count). The van der Waals surface area contributed by atoms with Crippen molar-refractivity contribution in [2.75, 3.05) is 26.1 Å². The number of anilines is 1. The van der Waals surface area contributed by atoms with Gasteiger partial charge in [0.2, 0.25) is 0 Å². The molecule has 3 N–H and O–H groups in total. The summed E-state index contributed by atoms with van der Waals surface area (Å²) in [5.74, 6) is 1.53. The fraction of sp³-hybridized carbons (Fsp3) is 0.211. The van der Waals surface area contributed by atoms with Crippen LogP contribution < -0.4 is 15.2 Å². The number of methoxy groups -OCH3 is 1. The van der Waals surface area contributed by atoms with Crippen LogP contribution in [0.25, 0.3) is 11.3 Å². The second-order valence-electron chi connectivity index (χ2n) is 5.47. The van der Waals surface area contributed by atoms with Gasteiger partial charge in [0.05, 0.1) is 18.0 Å². The van der Waals surface area contributed by atoms with E-state index in [2.05, 4.69) is 10.2 Å². The number of hydrogen-bond donors (Lipinski definition) is 2. The van der Waals surface area contributed by atoms with Gasteiger partial charge in [-0.05, 0) is 42.5 Å². The SMILES string of the molecule is COCCOc1ccccc1-c1cc(COc2ccc(N)cc2)[nH]n1. The Balaban J connectivity index is 1.67. The van der Waals surface area contributed by atoms with E-state index in [1.807, 2.05) is 42.5 Å². The highest BCUT2D eigenvalue weighted by molar-refractivity contribution is 5.67. The number of para-hydroxylation sites is 1. The van der Waals surface area contributed by atoms with Gasteiger partial charge < -0.3 is 19.9 Å². The van der Waals surface area contributed by atoms with E-state index in [0.29, 0.717) is 25.5 Å². The lowest BCUT2D eigenvalue weighted by atomic mass is 10.1. The first-order valence-electron chi connectivity index (χ1n) is 8.00. The average Bonchev–Trinajstić information content (AvgIpc) is 3.11. The number of nitrogens with one attached hydrogen (secondary N) is 1. The molecule has 0 bridgehead atoms. The number of aromatic nitrogens is 2. The summed E-state index contributed by atoms with van der Waals surface area (Å²) in [6.45, 7) is 1.42. The summed E-state index contributed by atoms with van der Waals surface area (Å²) in [5.41, 5.74) is 8.98. The van der Waals surface area contributed by atoms with Crippen LogP contribution in [-0.2, 0) is 11.3 Å². The lowest BCUT2D eigenvalue weighted by Crippen LogP contribution is -2.05. The predicted molar refractivity (Wildman–Crippen MR) is 96.6 cm³/mol. The highest BCUT2D eigenvalue weighted by atomic mass is 16.5. The number of nitrogens with two attached hydrogens (primary N) is 1. The summed E-state index contributed by atoms with van der Waals surface area (Å²) in [5, 5.41) is 7.37. The molecule has 6 nitrogen and oxygen atoms in total. The maximum atomic E-state index is 5.76. The van der Waals surface area contributed by atoms with Crippen LogP contribution >= 0.6 is 0 Å². The third-order valence-electron chi connectivity index (χ3n) is 3.61. The lowest BCUT2D eigenvalue weighted by Gasteiger charge is -2.09. The maximum absolute atomic E-state index is 5.76. The average molecular weight is 339 g/mol. The summed E-state index contributed by atoms with van der Waals surface area (Å²) in [6.07, 6.45) is 0. The van der Waals surface area contributed by atoms with Gasteiger partial charge in [-0.15, -0.1) is 0 Å². The first-order chi connectivity index (χ1) is 12.3. The molecule has 0 fully saturated rings. The Kier molecular flexibility index (Phi) is 5.53. The normalized spacial score (nSPS) is 10.6. The predicted octanol–water partition coefficient (Wildman–Crippen LogP) is 3.26. The number of benzene rings is 2. The Morgan fingerprint density at radius 3 is 2.60 bits per heavy atom. The van der Waals surface area contributed by atoms with Gasteiger partial charge >= 0.3 is 0 Å². The molecule has 0 aliphatic carbocycles. The molecule has 0 amide bonds. The molecule has 0 spiro atoms.